The van der Waals surface area contributed by atoms with Gasteiger partial charge < -0.3 is 4.90 Å². The number of amides is 3. The van der Waals surface area contributed by atoms with Crippen molar-refractivity contribution in [2.75, 3.05) is 6.54 Å². The molecule has 0 unspecified atom stereocenters. The number of nitrogens with zero attached hydrogens (tertiary/aromatic N) is 1. The molecule has 0 aromatic heterocycles. The zero-order chi connectivity index (χ0) is 14.9. The van der Waals surface area contributed by atoms with Crippen molar-refractivity contribution in [1.29, 1.82) is 0 Å². The predicted molar refractivity (Wildman–Crippen MR) is 69.0 cm³/mol. The van der Waals surface area contributed by atoms with E-state index in [1.54, 1.807) is 13.8 Å². The van der Waals surface area contributed by atoms with Crippen molar-refractivity contribution < 1.29 is 18.8 Å². The average molecular weight is 278 g/mol. The van der Waals surface area contributed by atoms with Gasteiger partial charge in [-0.2, -0.15) is 0 Å². The molecule has 1 aromatic rings. The molecular formula is C14H15FN2O3. The summed E-state index contributed by atoms with van der Waals surface area (Å²) in [6.45, 7) is 3.01. The van der Waals surface area contributed by atoms with E-state index in [-0.39, 0.29) is 24.7 Å². The van der Waals surface area contributed by atoms with E-state index in [4.69, 9.17) is 0 Å². The van der Waals surface area contributed by atoms with E-state index in [0.29, 0.717) is 5.56 Å². The molecule has 0 bridgehead atoms. The first-order chi connectivity index (χ1) is 9.30. The van der Waals surface area contributed by atoms with Crippen LogP contribution in [0.1, 0.15) is 19.4 Å². The molecule has 6 heteroatoms. The Bertz CT molecular complexity index is 566. The second-order valence-corrected chi connectivity index (χ2v) is 5.22. The normalized spacial score (nSPS) is 17.9. The molecule has 3 amide bonds. The van der Waals surface area contributed by atoms with E-state index in [1.807, 2.05) is 0 Å². The van der Waals surface area contributed by atoms with Crippen LogP contribution in [-0.2, 0) is 20.8 Å². The molecule has 0 saturated carbocycles. The Morgan fingerprint density at radius 1 is 1.30 bits per heavy atom. The van der Waals surface area contributed by atoms with E-state index in [9.17, 15) is 18.8 Å². The van der Waals surface area contributed by atoms with Crippen LogP contribution in [-0.4, -0.2) is 34.7 Å². The zero-order valence-corrected chi connectivity index (χ0v) is 11.3. The van der Waals surface area contributed by atoms with Crippen molar-refractivity contribution in [1.82, 2.24) is 10.2 Å². The number of hydrogen-bond acceptors (Lipinski definition) is 3. The standard InChI is InChI=1S/C14H15FN2O3/c1-14(2)13(20)16-11(18)8-17(14)12(19)7-9-3-5-10(15)6-4-9/h3-6H,7-8H2,1-2H3,(H,16,18,20). The van der Waals surface area contributed by atoms with Crippen LogP contribution in [0.2, 0.25) is 0 Å². The van der Waals surface area contributed by atoms with Crippen LogP contribution in [0.5, 0.6) is 0 Å². The molecule has 1 heterocycles. The number of halogens is 1. The van der Waals surface area contributed by atoms with Crippen molar-refractivity contribution in [2.24, 2.45) is 0 Å². The SMILES string of the molecule is CC1(C)C(=O)NC(=O)CN1C(=O)Cc1ccc(F)cc1. The number of carbonyl (C=O) groups is 3. The largest absolute Gasteiger partial charge is 0.319 e. The lowest BCUT2D eigenvalue weighted by atomic mass is 9.97. The first-order valence-corrected chi connectivity index (χ1v) is 6.20. The van der Waals surface area contributed by atoms with Crippen molar-refractivity contribution in [3.63, 3.8) is 0 Å². The molecule has 1 fully saturated rings. The summed E-state index contributed by atoms with van der Waals surface area (Å²) >= 11 is 0. The van der Waals surface area contributed by atoms with E-state index < -0.39 is 17.4 Å². The third kappa shape index (κ3) is 2.68. The smallest absolute Gasteiger partial charge is 0.252 e. The van der Waals surface area contributed by atoms with Crippen LogP contribution >= 0.6 is 0 Å². The number of imide groups is 1. The highest BCUT2D eigenvalue weighted by Gasteiger charge is 2.43. The number of carbonyl (C=O) groups excluding carboxylic acids is 3. The van der Waals surface area contributed by atoms with Crippen LogP contribution in [0, 0.1) is 5.82 Å². The van der Waals surface area contributed by atoms with Gasteiger partial charge in [-0.1, -0.05) is 12.1 Å². The molecule has 1 aromatic carbocycles. The van der Waals surface area contributed by atoms with Gasteiger partial charge in [0.25, 0.3) is 5.91 Å². The molecule has 2 rings (SSSR count). The van der Waals surface area contributed by atoms with Gasteiger partial charge in [-0.3, -0.25) is 19.7 Å². The fourth-order valence-corrected chi connectivity index (χ4v) is 2.06. The topological polar surface area (TPSA) is 66.5 Å². The van der Waals surface area contributed by atoms with Crippen LogP contribution in [0.15, 0.2) is 24.3 Å². The Kier molecular flexibility index (Phi) is 3.57. The second-order valence-electron chi connectivity index (χ2n) is 5.22. The molecule has 1 aliphatic heterocycles. The summed E-state index contributed by atoms with van der Waals surface area (Å²) in [6.07, 6.45) is 0.0181. The fourth-order valence-electron chi connectivity index (χ4n) is 2.06. The minimum Gasteiger partial charge on any atom is -0.319 e. The molecule has 20 heavy (non-hydrogen) atoms. The number of nitrogens with one attached hydrogen (secondary N) is 1. The quantitative estimate of drug-likeness (QED) is 0.807. The molecule has 0 aliphatic carbocycles. The summed E-state index contributed by atoms with van der Waals surface area (Å²) in [5.74, 6) is -1.72. The van der Waals surface area contributed by atoms with Crippen LogP contribution in [0.4, 0.5) is 4.39 Å². The minimum atomic E-state index is -1.08. The first kappa shape index (κ1) is 14.2. The van der Waals surface area contributed by atoms with Crippen LogP contribution in [0.3, 0.4) is 0 Å². The van der Waals surface area contributed by atoms with Crippen molar-refractivity contribution in [2.45, 2.75) is 25.8 Å². The van der Waals surface area contributed by atoms with Crippen LogP contribution < -0.4 is 5.32 Å². The Balaban J connectivity index is 2.16. The second kappa shape index (κ2) is 5.03. The molecule has 1 saturated heterocycles. The van der Waals surface area contributed by atoms with E-state index in [1.165, 1.54) is 29.2 Å². The highest BCUT2D eigenvalue weighted by atomic mass is 19.1. The summed E-state index contributed by atoms with van der Waals surface area (Å²) in [7, 11) is 0. The van der Waals surface area contributed by atoms with Gasteiger partial charge in [-0.25, -0.2) is 4.39 Å². The Morgan fingerprint density at radius 2 is 1.90 bits per heavy atom. The van der Waals surface area contributed by atoms with Crippen molar-refractivity contribution in [3.05, 3.63) is 35.6 Å². The minimum absolute atomic E-state index is 0.0181. The maximum atomic E-state index is 12.8. The fraction of sp³-hybridized carbons (Fsp3) is 0.357. The van der Waals surface area contributed by atoms with Gasteiger partial charge in [0, 0.05) is 0 Å². The van der Waals surface area contributed by atoms with Gasteiger partial charge in [0.2, 0.25) is 11.8 Å². The Hall–Kier alpha value is -2.24. The van der Waals surface area contributed by atoms with Gasteiger partial charge >= 0.3 is 0 Å². The molecule has 5 nitrogen and oxygen atoms in total. The maximum absolute atomic E-state index is 12.8. The van der Waals surface area contributed by atoms with Gasteiger partial charge in [-0.05, 0) is 31.5 Å². The van der Waals surface area contributed by atoms with Gasteiger partial charge in [0.1, 0.15) is 17.9 Å². The summed E-state index contributed by atoms with van der Waals surface area (Å²) in [5, 5.41) is 2.20. The third-order valence-electron chi connectivity index (χ3n) is 3.35. The summed E-state index contributed by atoms with van der Waals surface area (Å²) in [5.41, 5.74) is -0.448. The zero-order valence-electron chi connectivity index (χ0n) is 11.3. The van der Waals surface area contributed by atoms with Gasteiger partial charge in [0.05, 0.1) is 6.42 Å². The van der Waals surface area contributed by atoms with E-state index in [0.717, 1.165) is 0 Å². The maximum Gasteiger partial charge on any atom is 0.252 e. The number of piperazine rings is 1. The number of hydrogen-bond donors (Lipinski definition) is 1. The number of benzene rings is 1. The lowest BCUT2D eigenvalue weighted by Gasteiger charge is -2.40. The molecule has 0 atom stereocenters. The van der Waals surface area contributed by atoms with Gasteiger partial charge in [0.15, 0.2) is 0 Å². The van der Waals surface area contributed by atoms with Crippen molar-refractivity contribution >= 4 is 17.7 Å². The summed E-state index contributed by atoms with van der Waals surface area (Å²) < 4.78 is 12.8. The molecule has 0 radical (unpaired) electrons. The summed E-state index contributed by atoms with van der Waals surface area (Å²) in [6, 6.07) is 5.54. The summed E-state index contributed by atoms with van der Waals surface area (Å²) in [4.78, 5) is 36.7. The monoisotopic (exact) mass is 278 g/mol. The number of rotatable bonds is 2. The lowest BCUT2D eigenvalue weighted by Crippen LogP contribution is -2.65. The molecule has 1 aliphatic rings. The van der Waals surface area contributed by atoms with Gasteiger partial charge in [-0.15, -0.1) is 0 Å². The Labute approximate surface area is 115 Å². The molecule has 0 spiro atoms. The predicted octanol–water partition coefficient (Wildman–Crippen LogP) is 0.632. The molecular weight excluding hydrogens is 263 g/mol. The Morgan fingerprint density at radius 3 is 2.50 bits per heavy atom. The highest BCUT2D eigenvalue weighted by Crippen LogP contribution is 2.19. The van der Waals surface area contributed by atoms with E-state index in [2.05, 4.69) is 5.32 Å². The molecule has 106 valence electrons. The van der Waals surface area contributed by atoms with Crippen molar-refractivity contribution in [3.8, 4) is 0 Å². The van der Waals surface area contributed by atoms with E-state index >= 15 is 0 Å². The highest BCUT2D eigenvalue weighted by molar-refractivity contribution is 6.06. The lowest BCUT2D eigenvalue weighted by molar-refractivity contribution is -0.155. The third-order valence-corrected chi connectivity index (χ3v) is 3.35. The average Bonchev–Trinajstić information content (AvgIpc) is 2.37. The first-order valence-electron chi connectivity index (χ1n) is 6.20. The van der Waals surface area contributed by atoms with Crippen LogP contribution in [0.25, 0.3) is 0 Å². The molecule has 1 N–H and O–H groups in total.